The van der Waals surface area contributed by atoms with Gasteiger partial charge in [-0.2, -0.15) is 8.78 Å². The number of urea groups is 1. The third kappa shape index (κ3) is 3.66. The van der Waals surface area contributed by atoms with Gasteiger partial charge in [-0.3, -0.25) is 0 Å². The Kier molecular flexibility index (Phi) is 5.16. The van der Waals surface area contributed by atoms with Gasteiger partial charge in [0.1, 0.15) is 0 Å². The second-order valence-corrected chi connectivity index (χ2v) is 9.86. The van der Waals surface area contributed by atoms with E-state index in [1.807, 2.05) is 0 Å². The highest BCUT2D eigenvalue weighted by Gasteiger charge is 2.32. The molecule has 2 amide bonds. The lowest BCUT2D eigenvalue weighted by Gasteiger charge is -2.24. The molecule has 8 heteroatoms. The lowest BCUT2D eigenvalue weighted by Crippen LogP contribution is -2.41. The zero-order valence-electron chi connectivity index (χ0n) is 15.6. The summed E-state index contributed by atoms with van der Waals surface area (Å²) < 4.78 is 52.6. The Hall–Kier alpha value is -1.96. The molecular weight excluding hydrogens is 386 g/mol. The molecule has 3 aliphatic carbocycles. The van der Waals surface area contributed by atoms with E-state index in [0.717, 1.165) is 55.3 Å². The molecule has 0 bridgehead atoms. The first-order valence-corrected chi connectivity index (χ1v) is 11.4. The minimum atomic E-state index is -3.91. The van der Waals surface area contributed by atoms with Crippen molar-refractivity contribution in [2.24, 2.45) is 0 Å². The van der Waals surface area contributed by atoms with Gasteiger partial charge in [-0.1, -0.05) is 6.07 Å². The Morgan fingerprint density at radius 2 is 1.50 bits per heavy atom. The van der Waals surface area contributed by atoms with Gasteiger partial charge < -0.3 is 5.32 Å². The van der Waals surface area contributed by atoms with E-state index < -0.39 is 27.4 Å². The van der Waals surface area contributed by atoms with Gasteiger partial charge in [-0.15, -0.1) is 0 Å². The van der Waals surface area contributed by atoms with Crippen LogP contribution in [0.25, 0.3) is 0 Å². The Bertz CT molecular complexity index is 910. The van der Waals surface area contributed by atoms with E-state index in [9.17, 15) is 22.0 Å². The van der Waals surface area contributed by atoms with Gasteiger partial charge in [0.15, 0.2) is 0 Å². The second-order valence-electron chi connectivity index (χ2n) is 7.90. The van der Waals surface area contributed by atoms with Crippen LogP contribution in [0.15, 0.2) is 17.7 Å². The van der Waals surface area contributed by atoms with Crippen molar-refractivity contribution >= 4 is 21.7 Å². The fraction of sp³-hybridized carbons (Fsp3) is 0.550. The molecule has 1 aromatic carbocycles. The summed E-state index contributed by atoms with van der Waals surface area (Å²) in [5.41, 5.74) is 5.55. The molecule has 1 fully saturated rings. The monoisotopic (exact) mass is 410 g/mol. The number of sulfonamides is 1. The molecule has 0 heterocycles. The predicted molar refractivity (Wildman–Crippen MR) is 103 cm³/mol. The minimum Gasteiger partial charge on any atom is -0.307 e. The predicted octanol–water partition coefficient (Wildman–Crippen LogP) is 4.21. The van der Waals surface area contributed by atoms with E-state index in [1.165, 1.54) is 11.1 Å². The zero-order valence-corrected chi connectivity index (χ0v) is 16.4. The van der Waals surface area contributed by atoms with E-state index in [0.29, 0.717) is 0 Å². The summed E-state index contributed by atoms with van der Waals surface area (Å²) in [6.07, 6.45) is 4.41. The SMILES string of the molecule is O=C(Nc1c2c(cc3c1CCC3)CCC2)NS(=O)(=O)C1CCC(=C(F)F)CC1. The van der Waals surface area contributed by atoms with Crippen molar-refractivity contribution in [1.82, 2.24) is 4.72 Å². The van der Waals surface area contributed by atoms with Crippen molar-refractivity contribution in [1.29, 1.82) is 0 Å². The lowest BCUT2D eigenvalue weighted by molar-refractivity contribution is 0.256. The van der Waals surface area contributed by atoms with Gasteiger partial charge in [0.2, 0.25) is 10.0 Å². The van der Waals surface area contributed by atoms with Crippen molar-refractivity contribution in [3.8, 4) is 0 Å². The van der Waals surface area contributed by atoms with Crippen LogP contribution in [-0.4, -0.2) is 19.7 Å². The van der Waals surface area contributed by atoms with Gasteiger partial charge >= 0.3 is 6.03 Å². The average Bonchev–Trinajstić information content (AvgIpc) is 3.30. The molecule has 0 saturated heterocycles. The van der Waals surface area contributed by atoms with Crippen LogP contribution < -0.4 is 10.0 Å². The van der Waals surface area contributed by atoms with Crippen molar-refractivity contribution in [3.05, 3.63) is 40.0 Å². The van der Waals surface area contributed by atoms with Crippen molar-refractivity contribution in [2.45, 2.75) is 69.5 Å². The lowest BCUT2D eigenvalue weighted by atomic mass is 9.95. The van der Waals surface area contributed by atoms with E-state index in [-0.39, 0.29) is 31.3 Å². The number of nitrogens with one attached hydrogen (secondary N) is 2. The van der Waals surface area contributed by atoms with Crippen LogP contribution in [0.1, 0.15) is 60.8 Å². The maximum atomic E-state index is 12.7. The molecule has 28 heavy (non-hydrogen) atoms. The maximum Gasteiger partial charge on any atom is 0.332 e. The smallest absolute Gasteiger partial charge is 0.307 e. The minimum absolute atomic E-state index is 0.0197. The molecule has 3 aliphatic rings. The molecule has 0 spiro atoms. The van der Waals surface area contributed by atoms with Crippen LogP contribution in [0.5, 0.6) is 0 Å². The van der Waals surface area contributed by atoms with Crippen molar-refractivity contribution in [3.63, 3.8) is 0 Å². The van der Waals surface area contributed by atoms with Gasteiger partial charge in [-0.05, 0) is 92.0 Å². The number of benzene rings is 1. The summed E-state index contributed by atoms with van der Waals surface area (Å²) >= 11 is 0. The highest BCUT2D eigenvalue weighted by Crippen LogP contribution is 2.38. The zero-order chi connectivity index (χ0) is 19.9. The topological polar surface area (TPSA) is 75.3 Å². The van der Waals surface area contributed by atoms with Crippen LogP contribution in [0.4, 0.5) is 19.3 Å². The number of carbonyl (C=O) groups is 1. The number of anilines is 1. The molecule has 0 radical (unpaired) electrons. The van der Waals surface area contributed by atoms with Crippen molar-refractivity contribution in [2.75, 3.05) is 5.32 Å². The van der Waals surface area contributed by atoms with Crippen molar-refractivity contribution < 1.29 is 22.0 Å². The van der Waals surface area contributed by atoms with Crippen LogP contribution in [0, 0.1) is 0 Å². The number of fused-ring (bicyclic) bond motifs is 2. The molecule has 152 valence electrons. The number of halogens is 2. The largest absolute Gasteiger partial charge is 0.332 e. The first-order chi connectivity index (χ1) is 13.3. The summed E-state index contributed by atoms with van der Waals surface area (Å²) in [5.74, 6) is 0. The van der Waals surface area contributed by atoms with E-state index in [1.54, 1.807) is 0 Å². The Labute approximate surface area is 163 Å². The van der Waals surface area contributed by atoms with E-state index >= 15 is 0 Å². The van der Waals surface area contributed by atoms with Gasteiger partial charge in [-0.25, -0.2) is 17.9 Å². The van der Waals surface area contributed by atoms with E-state index in [2.05, 4.69) is 16.1 Å². The average molecular weight is 410 g/mol. The Morgan fingerprint density at radius 1 is 0.929 bits per heavy atom. The normalized spacial score (nSPS) is 21.2. The molecule has 4 rings (SSSR count). The summed E-state index contributed by atoms with van der Waals surface area (Å²) in [6.45, 7) is 0. The molecule has 0 unspecified atom stereocenters. The molecule has 0 atom stereocenters. The molecule has 5 nitrogen and oxygen atoms in total. The first kappa shape index (κ1) is 19.4. The Morgan fingerprint density at radius 3 is 2.04 bits per heavy atom. The molecule has 1 saturated carbocycles. The first-order valence-electron chi connectivity index (χ1n) is 9.87. The summed E-state index contributed by atoms with van der Waals surface area (Å²) in [5, 5.41) is 1.98. The highest BCUT2D eigenvalue weighted by atomic mass is 32.2. The van der Waals surface area contributed by atoms with Gasteiger partial charge in [0, 0.05) is 5.69 Å². The summed E-state index contributed by atoms with van der Waals surface area (Å²) in [6, 6.07) is 1.48. The van der Waals surface area contributed by atoms with Crippen LogP contribution in [-0.2, 0) is 35.7 Å². The van der Waals surface area contributed by atoms with Crippen LogP contribution in [0.2, 0.25) is 0 Å². The molecule has 0 aliphatic heterocycles. The molecule has 2 N–H and O–H groups in total. The summed E-state index contributed by atoms with van der Waals surface area (Å²) in [7, 11) is -3.91. The van der Waals surface area contributed by atoms with Crippen LogP contribution in [0.3, 0.4) is 0 Å². The number of rotatable bonds is 3. The Balaban J connectivity index is 1.48. The fourth-order valence-electron chi connectivity index (χ4n) is 4.76. The van der Waals surface area contributed by atoms with E-state index in [4.69, 9.17) is 0 Å². The summed E-state index contributed by atoms with van der Waals surface area (Å²) in [4.78, 5) is 12.5. The number of carbonyl (C=O) groups excluding carboxylic acids is 1. The fourth-order valence-corrected chi connectivity index (χ4v) is 6.09. The third-order valence-corrected chi connectivity index (χ3v) is 8.01. The number of aryl methyl sites for hydroxylation is 2. The molecular formula is C20H24F2N2O3S. The number of amides is 2. The third-order valence-electron chi connectivity index (χ3n) is 6.19. The van der Waals surface area contributed by atoms with Crippen LogP contribution >= 0.6 is 0 Å². The molecule has 0 aromatic heterocycles. The highest BCUT2D eigenvalue weighted by molar-refractivity contribution is 7.90. The number of hydrogen-bond acceptors (Lipinski definition) is 3. The number of hydrogen-bond donors (Lipinski definition) is 2. The maximum absolute atomic E-state index is 12.7. The quantitative estimate of drug-likeness (QED) is 0.784. The van der Waals surface area contributed by atoms with Gasteiger partial charge in [0.25, 0.3) is 6.08 Å². The standard InChI is InChI=1S/C20H24F2N2O3S/c21-19(22)12-7-9-15(10-8-12)28(26,27)24-20(25)23-18-16-5-1-3-13(16)11-14-4-2-6-17(14)18/h11,15H,1-10H2,(H2,23,24,25). The number of allylic oxidation sites excluding steroid dienone is 1. The van der Waals surface area contributed by atoms with Gasteiger partial charge in [0.05, 0.1) is 5.25 Å². The molecule has 1 aromatic rings. The second kappa shape index (κ2) is 7.46.